The van der Waals surface area contributed by atoms with Crippen molar-refractivity contribution in [3.05, 3.63) is 54.4 Å². The van der Waals surface area contributed by atoms with Gasteiger partial charge in [-0.3, -0.25) is 0 Å². The summed E-state index contributed by atoms with van der Waals surface area (Å²) in [4.78, 5) is 4.47. The van der Waals surface area contributed by atoms with Crippen molar-refractivity contribution in [2.24, 2.45) is 7.05 Å². The fraction of sp³-hybridized carbons (Fsp3) is 0.200. The summed E-state index contributed by atoms with van der Waals surface area (Å²) in [6.45, 7) is 0. The molecule has 0 spiro atoms. The summed E-state index contributed by atoms with van der Waals surface area (Å²) in [7, 11) is 5.12. The quantitative estimate of drug-likeness (QED) is 0.426. The number of aromatic nitrogens is 5. The van der Waals surface area contributed by atoms with Crippen LogP contribution in [0.25, 0.3) is 22.8 Å². The summed E-state index contributed by atoms with van der Waals surface area (Å²) in [6.07, 6.45) is 0. The molecule has 0 unspecified atom stereocenters. The predicted octanol–water partition coefficient (Wildman–Crippen LogP) is 3.84. The van der Waals surface area contributed by atoms with Crippen LogP contribution in [0, 0.1) is 0 Å². The average molecular weight is 409 g/mol. The van der Waals surface area contributed by atoms with Crippen LogP contribution >= 0.6 is 11.8 Å². The topological polar surface area (TPSA) is 88.1 Å². The molecule has 4 rings (SSSR count). The van der Waals surface area contributed by atoms with E-state index < -0.39 is 0 Å². The molecule has 0 aliphatic rings. The SMILES string of the molecule is COc1ccc(-c2noc(CSc3nnc(-c4ccccc4)n3C)n2)cc1OC. The summed E-state index contributed by atoms with van der Waals surface area (Å²) in [5, 5.41) is 13.4. The number of rotatable bonds is 7. The van der Waals surface area contributed by atoms with Crippen LogP contribution in [0.15, 0.2) is 58.2 Å². The summed E-state index contributed by atoms with van der Waals surface area (Å²) in [5.74, 6) is 3.55. The van der Waals surface area contributed by atoms with Crippen LogP contribution in [0.2, 0.25) is 0 Å². The van der Waals surface area contributed by atoms with Crippen molar-refractivity contribution in [1.82, 2.24) is 24.9 Å². The van der Waals surface area contributed by atoms with Gasteiger partial charge < -0.3 is 18.6 Å². The standard InChI is InChI=1S/C20H19N5O3S/c1-25-19(13-7-5-4-6-8-13)22-23-20(25)29-12-17-21-18(24-28-17)14-9-10-15(26-2)16(11-14)27-3/h4-11H,12H2,1-3H3. The van der Waals surface area contributed by atoms with Crippen molar-refractivity contribution in [3.8, 4) is 34.3 Å². The van der Waals surface area contributed by atoms with Gasteiger partial charge in [0, 0.05) is 18.2 Å². The van der Waals surface area contributed by atoms with Gasteiger partial charge in [0.25, 0.3) is 0 Å². The Balaban J connectivity index is 1.47. The van der Waals surface area contributed by atoms with Gasteiger partial charge in [-0.25, -0.2) is 0 Å². The molecule has 0 radical (unpaired) electrons. The number of ether oxygens (including phenoxy) is 2. The Labute approximate surface area is 171 Å². The first kappa shape index (κ1) is 19.0. The minimum Gasteiger partial charge on any atom is -0.493 e. The van der Waals surface area contributed by atoms with E-state index in [4.69, 9.17) is 14.0 Å². The van der Waals surface area contributed by atoms with Gasteiger partial charge in [-0.15, -0.1) is 10.2 Å². The molecule has 29 heavy (non-hydrogen) atoms. The highest BCUT2D eigenvalue weighted by molar-refractivity contribution is 7.98. The molecule has 0 N–H and O–H groups in total. The van der Waals surface area contributed by atoms with E-state index in [0.717, 1.165) is 22.1 Å². The van der Waals surface area contributed by atoms with E-state index >= 15 is 0 Å². The molecule has 148 valence electrons. The van der Waals surface area contributed by atoms with E-state index in [2.05, 4.69) is 20.3 Å². The normalized spacial score (nSPS) is 10.9. The van der Waals surface area contributed by atoms with Crippen molar-refractivity contribution in [1.29, 1.82) is 0 Å². The molecule has 0 atom stereocenters. The average Bonchev–Trinajstić information content (AvgIpc) is 3.39. The lowest BCUT2D eigenvalue weighted by molar-refractivity contribution is 0.355. The summed E-state index contributed by atoms with van der Waals surface area (Å²) < 4.78 is 17.9. The fourth-order valence-electron chi connectivity index (χ4n) is 2.81. The van der Waals surface area contributed by atoms with Crippen molar-refractivity contribution in [3.63, 3.8) is 0 Å². The van der Waals surface area contributed by atoms with Gasteiger partial charge in [-0.1, -0.05) is 47.3 Å². The van der Waals surface area contributed by atoms with Crippen LogP contribution in [-0.2, 0) is 12.8 Å². The molecule has 0 amide bonds. The minimum atomic E-state index is 0.487. The zero-order valence-electron chi connectivity index (χ0n) is 16.2. The van der Waals surface area contributed by atoms with Crippen molar-refractivity contribution in [2.75, 3.05) is 14.2 Å². The van der Waals surface area contributed by atoms with Crippen LogP contribution in [0.5, 0.6) is 11.5 Å². The Morgan fingerprint density at radius 1 is 0.966 bits per heavy atom. The number of methoxy groups -OCH3 is 2. The van der Waals surface area contributed by atoms with Crippen molar-refractivity contribution in [2.45, 2.75) is 10.9 Å². The second-order valence-corrected chi connectivity index (χ2v) is 7.04. The van der Waals surface area contributed by atoms with Gasteiger partial charge in [0.2, 0.25) is 11.7 Å². The monoisotopic (exact) mass is 409 g/mol. The summed E-state index contributed by atoms with van der Waals surface area (Å²) in [6, 6.07) is 15.4. The van der Waals surface area contributed by atoms with Crippen LogP contribution in [0.3, 0.4) is 0 Å². The highest BCUT2D eigenvalue weighted by Gasteiger charge is 2.15. The third kappa shape index (κ3) is 3.95. The maximum absolute atomic E-state index is 5.39. The molecule has 2 aromatic heterocycles. The van der Waals surface area contributed by atoms with Crippen molar-refractivity contribution >= 4 is 11.8 Å². The summed E-state index contributed by atoms with van der Waals surface area (Å²) >= 11 is 1.49. The first-order chi connectivity index (χ1) is 14.2. The van der Waals surface area contributed by atoms with E-state index in [1.54, 1.807) is 14.2 Å². The van der Waals surface area contributed by atoms with Crippen LogP contribution in [0.4, 0.5) is 0 Å². The van der Waals surface area contributed by atoms with E-state index in [1.807, 2.05) is 60.1 Å². The molecule has 2 heterocycles. The molecular formula is C20H19N5O3S. The van der Waals surface area contributed by atoms with Crippen LogP contribution in [0.1, 0.15) is 5.89 Å². The van der Waals surface area contributed by atoms with Gasteiger partial charge >= 0.3 is 0 Å². The van der Waals surface area contributed by atoms with Crippen molar-refractivity contribution < 1.29 is 14.0 Å². The number of nitrogens with zero attached hydrogens (tertiary/aromatic N) is 5. The highest BCUT2D eigenvalue weighted by Crippen LogP contribution is 2.31. The summed E-state index contributed by atoms with van der Waals surface area (Å²) in [5.41, 5.74) is 1.80. The molecule has 0 aliphatic heterocycles. The van der Waals surface area contributed by atoms with E-state index in [9.17, 15) is 0 Å². The lowest BCUT2D eigenvalue weighted by Crippen LogP contribution is -1.95. The Bertz CT molecular complexity index is 1110. The second-order valence-electron chi connectivity index (χ2n) is 6.10. The van der Waals surface area contributed by atoms with Crippen LogP contribution in [-0.4, -0.2) is 39.1 Å². The van der Waals surface area contributed by atoms with Gasteiger partial charge in [0.15, 0.2) is 22.5 Å². The molecule has 2 aromatic carbocycles. The number of hydrogen-bond acceptors (Lipinski definition) is 8. The molecule has 4 aromatic rings. The lowest BCUT2D eigenvalue weighted by atomic mass is 10.2. The molecule has 0 bridgehead atoms. The molecule has 0 saturated heterocycles. The fourth-order valence-corrected chi connectivity index (χ4v) is 3.56. The van der Waals surface area contributed by atoms with Gasteiger partial charge in [-0.05, 0) is 18.2 Å². The second kappa shape index (κ2) is 8.36. The Hall–Kier alpha value is -3.33. The number of thioether (sulfide) groups is 1. The molecule has 8 nitrogen and oxygen atoms in total. The molecule has 0 aliphatic carbocycles. The zero-order valence-corrected chi connectivity index (χ0v) is 17.0. The van der Waals surface area contributed by atoms with E-state index in [1.165, 1.54) is 11.8 Å². The Kier molecular flexibility index (Phi) is 5.48. The Morgan fingerprint density at radius 2 is 1.76 bits per heavy atom. The Morgan fingerprint density at radius 3 is 2.52 bits per heavy atom. The maximum atomic E-state index is 5.39. The first-order valence-corrected chi connectivity index (χ1v) is 9.80. The van der Waals surface area contributed by atoms with E-state index in [0.29, 0.717) is 29.0 Å². The smallest absolute Gasteiger partial charge is 0.237 e. The largest absolute Gasteiger partial charge is 0.493 e. The maximum Gasteiger partial charge on any atom is 0.237 e. The number of hydrogen-bond donors (Lipinski definition) is 0. The van der Waals surface area contributed by atoms with Gasteiger partial charge in [0.1, 0.15) is 0 Å². The third-order valence-corrected chi connectivity index (χ3v) is 5.31. The van der Waals surface area contributed by atoms with Gasteiger partial charge in [-0.2, -0.15) is 4.98 Å². The van der Waals surface area contributed by atoms with E-state index in [-0.39, 0.29) is 0 Å². The predicted molar refractivity (Wildman–Crippen MR) is 109 cm³/mol. The minimum absolute atomic E-state index is 0.487. The van der Waals surface area contributed by atoms with Gasteiger partial charge in [0.05, 0.1) is 20.0 Å². The molecule has 9 heteroatoms. The molecule has 0 fully saturated rings. The molecular weight excluding hydrogens is 390 g/mol. The highest BCUT2D eigenvalue weighted by atomic mass is 32.2. The third-order valence-electron chi connectivity index (χ3n) is 4.30. The zero-order chi connectivity index (χ0) is 20.2. The first-order valence-electron chi connectivity index (χ1n) is 8.82. The van der Waals surface area contributed by atoms with Crippen LogP contribution < -0.4 is 9.47 Å². The lowest BCUT2D eigenvalue weighted by Gasteiger charge is -2.07. The number of benzene rings is 2. The molecule has 0 saturated carbocycles.